The summed E-state index contributed by atoms with van der Waals surface area (Å²) in [5.74, 6) is -0.0180. The highest BCUT2D eigenvalue weighted by Crippen LogP contribution is 2.44. The van der Waals surface area contributed by atoms with Gasteiger partial charge < -0.3 is 15.7 Å². The number of hydrogen-bond donors (Lipinski definition) is 3. The molecule has 0 heterocycles. The summed E-state index contributed by atoms with van der Waals surface area (Å²) >= 11 is 1.30. The monoisotopic (exact) mass is 534 g/mol. The van der Waals surface area contributed by atoms with Crippen LogP contribution >= 0.6 is 11.8 Å². The minimum Gasteiger partial charge on any atom is -0.381 e. The number of benzene rings is 2. The van der Waals surface area contributed by atoms with Gasteiger partial charge in [-0.1, -0.05) is 12.1 Å². The van der Waals surface area contributed by atoms with Crippen LogP contribution in [0.1, 0.15) is 22.3 Å². The SMILES string of the molecule is CSCC(=O)NCc1ccc(NC[C@@](O)(c2cc(C(F)(F)F)cc(C(F)(F)F)c2)C(F)(F)F)cc1. The van der Waals surface area contributed by atoms with Crippen molar-refractivity contribution >= 4 is 23.4 Å². The van der Waals surface area contributed by atoms with Crippen molar-refractivity contribution in [2.24, 2.45) is 0 Å². The highest BCUT2D eigenvalue weighted by Gasteiger charge is 2.56. The smallest absolute Gasteiger partial charge is 0.381 e. The van der Waals surface area contributed by atoms with Crippen molar-refractivity contribution in [3.63, 3.8) is 0 Å². The fraction of sp³-hybridized carbons (Fsp3) is 0.381. The Kier molecular flexibility index (Phi) is 8.64. The van der Waals surface area contributed by atoms with Gasteiger partial charge in [-0.2, -0.15) is 51.3 Å². The molecule has 1 atom stereocenters. The molecule has 0 bridgehead atoms. The molecule has 3 N–H and O–H groups in total. The van der Waals surface area contributed by atoms with E-state index < -0.39 is 47.4 Å². The highest BCUT2D eigenvalue weighted by atomic mass is 32.2. The molecular weight excluding hydrogens is 515 g/mol. The lowest BCUT2D eigenvalue weighted by Gasteiger charge is -2.32. The molecule has 14 heteroatoms. The molecule has 2 aromatic carbocycles. The quantitative estimate of drug-likeness (QED) is 0.388. The molecule has 0 fully saturated rings. The zero-order valence-corrected chi connectivity index (χ0v) is 18.6. The summed E-state index contributed by atoms with van der Waals surface area (Å²) in [5.41, 5.74) is -9.11. The predicted octanol–water partition coefficient (Wildman–Crippen LogP) is 5.57. The van der Waals surface area contributed by atoms with Gasteiger partial charge in [0.1, 0.15) is 0 Å². The Bertz CT molecular complexity index is 989. The fourth-order valence-electron chi connectivity index (χ4n) is 2.91. The maximum absolute atomic E-state index is 13.8. The van der Waals surface area contributed by atoms with E-state index in [2.05, 4.69) is 10.6 Å². The van der Waals surface area contributed by atoms with E-state index in [1.807, 2.05) is 0 Å². The zero-order valence-electron chi connectivity index (χ0n) is 17.8. The maximum Gasteiger partial charge on any atom is 0.423 e. The molecule has 2 rings (SSSR count). The fourth-order valence-corrected chi connectivity index (χ4v) is 3.28. The Hall–Kier alpha value is -2.61. The first-order chi connectivity index (χ1) is 16.0. The normalized spacial score (nSPS) is 14.4. The van der Waals surface area contributed by atoms with E-state index in [0.29, 0.717) is 5.56 Å². The first kappa shape index (κ1) is 28.6. The summed E-state index contributed by atoms with van der Waals surface area (Å²) in [6.45, 7) is -1.35. The summed E-state index contributed by atoms with van der Waals surface area (Å²) < 4.78 is 120. The van der Waals surface area contributed by atoms with Crippen LogP contribution in [0.25, 0.3) is 0 Å². The van der Waals surface area contributed by atoms with Crippen LogP contribution in [-0.4, -0.2) is 35.7 Å². The van der Waals surface area contributed by atoms with E-state index in [9.17, 15) is 49.4 Å². The van der Waals surface area contributed by atoms with Crippen molar-refractivity contribution in [1.82, 2.24) is 5.32 Å². The first-order valence-electron chi connectivity index (χ1n) is 9.65. The zero-order chi connectivity index (χ0) is 26.7. The number of amides is 1. The molecule has 35 heavy (non-hydrogen) atoms. The number of carbonyl (C=O) groups is 1. The lowest BCUT2D eigenvalue weighted by molar-refractivity contribution is -0.261. The van der Waals surface area contributed by atoms with Gasteiger partial charge in [0.15, 0.2) is 0 Å². The lowest BCUT2D eigenvalue weighted by atomic mass is 9.89. The number of carbonyl (C=O) groups excluding carboxylic acids is 1. The van der Waals surface area contributed by atoms with Gasteiger partial charge >= 0.3 is 18.5 Å². The van der Waals surface area contributed by atoms with Crippen molar-refractivity contribution in [3.8, 4) is 0 Å². The summed E-state index contributed by atoms with van der Waals surface area (Å²) in [6.07, 6.45) is -14.7. The molecule has 0 aliphatic rings. The second-order valence-corrected chi connectivity index (χ2v) is 8.28. The molecule has 0 aliphatic heterocycles. The summed E-state index contributed by atoms with van der Waals surface area (Å²) in [6, 6.07) is 4.76. The van der Waals surface area contributed by atoms with Crippen molar-refractivity contribution in [1.29, 1.82) is 0 Å². The summed E-state index contributed by atoms with van der Waals surface area (Å²) in [5, 5.41) is 15.1. The standard InChI is InChI=1S/C21H19F9N2O2S/c1-35-10-17(33)31-9-12-2-4-16(5-3-12)32-11-18(34,21(28,29)30)13-6-14(19(22,23)24)8-15(7-13)20(25,26)27/h2-8,32,34H,9-11H2,1H3,(H,31,33)/t18-/m1/s1. The van der Waals surface area contributed by atoms with Crippen LogP contribution in [0.2, 0.25) is 0 Å². The minimum absolute atomic E-state index is 0.00474. The molecule has 194 valence electrons. The molecule has 0 aromatic heterocycles. The third kappa shape index (κ3) is 7.43. The molecule has 1 amide bonds. The van der Waals surface area contributed by atoms with Crippen LogP contribution in [0, 0.1) is 0 Å². The van der Waals surface area contributed by atoms with Gasteiger partial charge in [-0.3, -0.25) is 4.79 Å². The van der Waals surface area contributed by atoms with Crippen LogP contribution in [0.4, 0.5) is 45.2 Å². The van der Waals surface area contributed by atoms with Crippen molar-refractivity contribution in [2.75, 3.05) is 23.9 Å². The van der Waals surface area contributed by atoms with E-state index >= 15 is 0 Å². The van der Waals surface area contributed by atoms with Crippen LogP contribution in [0.15, 0.2) is 42.5 Å². The van der Waals surface area contributed by atoms with Crippen molar-refractivity contribution in [3.05, 3.63) is 64.7 Å². The topological polar surface area (TPSA) is 61.4 Å². The Labute approximate surface area is 197 Å². The van der Waals surface area contributed by atoms with Gasteiger partial charge in [0.2, 0.25) is 11.5 Å². The Morgan fingerprint density at radius 3 is 1.77 bits per heavy atom. The van der Waals surface area contributed by atoms with E-state index in [0.717, 1.165) is 0 Å². The summed E-state index contributed by atoms with van der Waals surface area (Å²) in [7, 11) is 0. The van der Waals surface area contributed by atoms with Gasteiger partial charge in [0.25, 0.3) is 0 Å². The second-order valence-electron chi connectivity index (χ2n) is 7.41. The predicted molar refractivity (Wildman–Crippen MR) is 112 cm³/mol. The van der Waals surface area contributed by atoms with Crippen LogP contribution in [0.3, 0.4) is 0 Å². The summed E-state index contributed by atoms with van der Waals surface area (Å²) in [4.78, 5) is 11.5. The number of thioether (sulfide) groups is 1. The van der Waals surface area contributed by atoms with E-state index in [1.54, 1.807) is 6.26 Å². The lowest BCUT2D eigenvalue weighted by Crippen LogP contribution is -2.48. The van der Waals surface area contributed by atoms with Gasteiger partial charge in [-0.15, -0.1) is 0 Å². The number of hydrogen-bond acceptors (Lipinski definition) is 4. The third-order valence-electron chi connectivity index (χ3n) is 4.80. The number of nitrogens with one attached hydrogen (secondary N) is 2. The molecule has 4 nitrogen and oxygen atoms in total. The highest BCUT2D eigenvalue weighted by molar-refractivity contribution is 7.99. The number of rotatable bonds is 8. The second kappa shape index (κ2) is 10.6. The molecule has 0 saturated carbocycles. The van der Waals surface area contributed by atoms with Gasteiger partial charge in [-0.25, -0.2) is 0 Å². The van der Waals surface area contributed by atoms with E-state index in [1.165, 1.54) is 36.0 Å². The minimum atomic E-state index is -5.63. The van der Waals surface area contributed by atoms with Crippen LogP contribution < -0.4 is 10.6 Å². The first-order valence-corrected chi connectivity index (χ1v) is 11.0. The largest absolute Gasteiger partial charge is 0.423 e. The maximum atomic E-state index is 13.8. The Balaban J connectivity index is 2.33. The van der Waals surface area contributed by atoms with Gasteiger partial charge in [0.05, 0.1) is 23.4 Å². The Morgan fingerprint density at radius 2 is 1.34 bits per heavy atom. The van der Waals surface area contributed by atoms with Gasteiger partial charge in [0, 0.05) is 12.2 Å². The molecule has 0 radical (unpaired) electrons. The van der Waals surface area contributed by atoms with Crippen molar-refractivity contribution in [2.45, 2.75) is 30.7 Å². The number of aliphatic hydroxyl groups is 1. The average molecular weight is 534 g/mol. The molecule has 0 unspecified atom stereocenters. The number of alkyl halides is 9. The molecule has 0 spiro atoms. The molecule has 0 saturated heterocycles. The van der Waals surface area contributed by atoms with Crippen molar-refractivity contribution < 1.29 is 49.4 Å². The van der Waals surface area contributed by atoms with E-state index in [4.69, 9.17) is 0 Å². The number of halogens is 9. The van der Waals surface area contributed by atoms with Crippen LogP contribution in [-0.2, 0) is 29.3 Å². The molecule has 0 aliphatic carbocycles. The Morgan fingerprint density at radius 1 is 0.857 bits per heavy atom. The molecule has 2 aromatic rings. The third-order valence-corrected chi connectivity index (χ3v) is 5.35. The van der Waals surface area contributed by atoms with Gasteiger partial charge in [-0.05, 0) is 47.7 Å². The number of anilines is 1. The van der Waals surface area contributed by atoms with E-state index in [-0.39, 0.29) is 42.1 Å². The molecular formula is C21H19F9N2O2S. The van der Waals surface area contributed by atoms with Crippen LogP contribution in [0.5, 0.6) is 0 Å². The average Bonchev–Trinajstić information content (AvgIpc) is 2.74.